The Morgan fingerprint density at radius 3 is 2.10 bits per heavy atom. The zero-order valence-electron chi connectivity index (χ0n) is 22.6. The van der Waals surface area contributed by atoms with Gasteiger partial charge in [0.1, 0.15) is 12.1 Å². The molecule has 2 aromatic rings. The van der Waals surface area contributed by atoms with Crippen LogP contribution in [0.15, 0.2) is 60.7 Å². The average Bonchev–Trinajstić information content (AvgIpc) is 3.33. The maximum Gasteiger partial charge on any atom is 0.246 e. The first-order valence-corrected chi connectivity index (χ1v) is 13.8. The topological polar surface area (TPSA) is 134 Å². The lowest BCUT2D eigenvalue weighted by Gasteiger charge is -2.33. The quantitative estimate of drug-likeness (QED) is 0.391. The van der Waals surface area contributed by atoms with Gasteiger partial charge in [-0.1, -0.05) is 67.6 Å². The minimum atomic E-state index is -0.876. The van der Waals surface area contributed by atoms with E-state index in [1.165, 1.54) is 6.92 Å². The van der Waals surface area contributed by atoms with Crippen LogP contribution in [-0.4, -0.2) is 59.2 Å². The molecule has 0 aromatic heterocycles. The van der Waals surface area contributed by atoms with E-state index in [0.29, 0.717) is 32.1 Å². The Morgan fingerprint density at radius 2 is 1.54 bits per heavy atom. The minimum absolute atomic E-state index is 0.110. The summed E-state index contributed by atoms with van der Waals surface area (Å²) in [5, 5.41) is 8.86. The van der Waals surface area contributed by atoms with E-state index >= 15 is 0 Å². The summed E-state index contributed by atoms with van der Waals surface area (Å²) in [6.07, 6.45) is 3.00. The molecule has 0 saturated carbocycles. The van der Waals surface area contributed by atoms with Crippen molar-refractivity contribution in [1.82, 2.24) is 20.9 Å². The fraction of sp³-hybridized carbons (Fsp3) is 0.467. The summed E-state index contributed by atoms with van der Waals surface area (Å²) in [5.41, 5.74) is 7.86. The van der Waals surface area contributed by atoms with Gasteiger partial charge in [-0.2, -0.15) is 0 Å². The van der Waals surface area contributed by atoms with Gasteiger partial charge in [0.25, 0.3) is 0 Å². The third kappa shape index (κ3) is 6.65. The molecule has 0 spiro atoms. The Labute approximate surface area is 229 Å². The summed E-state index contributed by atoms with van der Waals surface area (Å²) in [6.45, 7) is 3.49. The van der Waals surface area contributed by atoms with Gasteiger partial charge in [0.15, 0.2) is 0 Å². The van der Waals surface area contributed by atoms with E-state index in [1.54, 1.807) is 11.8 Å². The number of rotatable bonds is 9. The van der Waals surface area contributed by atoms with E-state index in [9.17, 15) is 19.2 Å². The molecule has 39 heavy (non-hydrogen) atoms. The molecule has 1 unspecified atom stereocenters. The van der Waals surface area contributed by atoms with Crippen LogP contribution in [0.2, 0.25) is 0 Å². The molecular weight excluding hydrogens is 494 g/mol. The standard InChI is InChI=1S/C30H39N5O4/c1-3-24(31)28(37)34-27-22(18-32-19(2)36)14-15-23-16-17-25(35(23)30(27)39)29(38)33-26(20-10-6-4-7-11-20)21-12-8-5-9-13-21/h4-13,22-27H,3,14-18,31H2,1-2H3,(H,32,36)(H,33,38)(H,34,37)/t22-,23+,24?,25+,27+/m1/s1. The number of benzene rings is 2. The van der Waals surface area contributed by atoms with Crippen molar-refractivity contribution in [3.63, 3.8) is 0 Å². The molecule has 0 bridgehead atoms. The van der Waals surface area contributed by atoms with E-state index in [-0.39, 0.29) is 42.3 Å². The maximum absolute atomic E-state index is 14.0. The Kier molecular flexibility index (Phi) is 9.35. The minimum Gasteiger partial charge on any atom is -0.356 e. The summed E-state index contributed by atoms with van der Waals surface area (Å²) in [6, 6.07) is 16.7. The summed E-state index contributed by atoms with van der Waals surface area (Å²) in [4.78, 5) is 54.0. The van der Waals surface area contributed by atoms with Gasteiger partial charge in [-0.3, -0.25) is 19.2 Å². The highest BCUT2D eigenvalue weighted by molar-refractivity contribution is 5.94. The summed E-state index contributed by atoms with van der Waals surface area (Å²) < 4.78 is 0. The molecule has 2 fully saturated rings. The molecular formula is C30H39N5O4. The van der Waals surface area contributed by atoms with Crippen molar-refractivity contribution < 1.29 is 19.2 Å². The lowest BCUT2D eigenvalue weighted by Crippen LogP contribution is -2.59. The van der Waals surface area contributed by atoms with Crippen LogP contribution in [0.4, 0.5) is 0 Å². The van der Waals surface area contributed by atoms with Crippen molar-refractivity contribution in [3.8, 4) is 0 Å². The zero-order valence-corrected chi connectivity index (χ0v) is 22.6. The number of nitrogens with one attached hydrogen (secondary N) is 3. The summed E-state index contributed by atoms with van der Waals surface area (Å²) in [7, 11) is 0. The smallest absolute Gasteiger partial charge is 0.246 e. The Balaban J connectivity index is 1.59. The van der Waals surface area contributed by atoms with Gasteiger partial charge in [-0.05, 0) is 43.2 Å². The monoisotopic (exact) mass is 533 g/mol. The predicted octanol–water partition coefficient (Wildman–Crippen LogP) is 2.02. The van der Waals surface area contributed by atoms with Crippen molar-refractivity contribution >= 4 is 23.6 Å². The second kappa shape index (κ2) is 12.9. The molecule has 2 aliphatic rings. The Hall–Kier alpha value is -3.72. The zero-order chi connectivity index (χ0) is 27.9. The Bertz CT molecular complexity index is 1120. The normalized spacial score (nSPS) is 23.5. The van der Waals surface area contributed by atoms with Crippen molar-refractivity contribution in [3.05, 3.63) is 71.8 Å². The van der Waals surface area contributed by atoms with Crippen molar-refractivity contribution in [2.24, 2.45) is 11.7 Å². The molecule has 208 valence electrons. The van der Waals surface area contributed by atoms with Gasteiger partial charge in [0, 0.05) is 25.4 Å². The molecule has 2 saturated heterocycles. The molecule has 2 aliphatic heterocycles. The van der Waals surface area contributed by atoms with Gasteiger partial charge in [-0.25, -0.2) is 0 Å². The number of amides is 4. The number of hydrogen-bond acceptors (Lipinski definition) is 5. The largest absolute Gasteiger partial charge is 0.356 e. The number of fused-ring (bicyclic) bond motifs is 1. The highest BCUT2D eigenvalue weighted by Gasteiger charge is 2.48. The number of carbonyl (C=O) groups excluding carboxylic acids is 4. The van der Waals surface area contributed by atoms with E-state index in [0.717, 1.165) is 11.1 Å². The third-order valence-corrected chi connectivity index (χ3v) is 7.91. The molecule has 9 heteroatoms. The number of nitrogens with two attached hydrogens (primary N) is 1. The molecule has 2 aromatic carbocycles. The van der Waals surface area contributed by atoms with Gasteiger partial charge in [0.05, 0.1) is 12.1 Å². The predicted molar refractivity (Wildman–Crippen MR) is 148 cm³/mol. The number of hydrogen-bond donors (Lipinski definition) is 4. The van der Waals surface area contributed by atoms with Gasteiger partial charge < -0.3 is 26.6 Å². The molecule has 5 atom stereocenters. The van der Waals surface area contributed by atoms with E-state index in [1.807, 2.05) is 60.7 Å². The summed E-state index contributed by atoms with van der Waals surface area (Å²) in [5.74, 6) is -1.43. The second-order valence-corrected chi connectivity index (χ2v) is 10.5. The van der Waals surface area contributed by atoms with Crippen LogP contribution in [0.3, 0.4) is 0 Å². The molecule has 4 amide bonds. The fourth-order valence-electron chi connectivity index (χ4n) is 5.70. The van der Waals surface area contributed by atoms with Gasteiger partial charge >= 0.3 is 0 Å². The first-order valence-electron chi connectivity index (χ1n) is 13.8. The molecule has 0 radical (unpaired) electrons. The fourth-order valence-corrected chi connectivity index (χ4v) is 5.70. The maximum atomic E-state index is 14.0. The Morgan fingerprint density at radius 1 is 0.949 bits per heavy atom. The van der Waals surface area contributed by atoms with Crippen LogP contribution < -0.4 is 21.7 Å². The van der Waals surface area contributed by atoms with Gasteiger partial charge in [-0.15, -0.1) is 0 Å². The van der Waals surface area contributed by atoms with Crippen LogP contribution in [0, 0.1) is 5.92 Å². The molecule has 0 aliphatic carbocycles. The first kappa shape index (κ1) is 28.3. The van der Waals surface area contributed by atoms with Crippen molar-refractivity contribution in [1.29, 1.82) is 0 Å². The molecule has 2 heterocycles. The number of nitrogens with zero attached hydrogens (tertiary/aromatic N) is 1. The SMILES string of the molecule is CCC(N)C(=O)N[C@@H]1C(=O)N2[C@@H](CC[C@@H]1CNC(C)=O)CC[C@H]2C(=O)NC(c1ccccc1)c1ccccc1. The van der Waals surface area contributed by atoms with E-state index < -0.39 is 24.0 Å². The average molecular weight is 534 g/mol. The van der Waals surface area contributed by atoms with Crippen LogP contribution in [0.1, 0.15) is 63.1 Å². The molecule has 9 nitrogen and oxygen atoms in total. The summed E-state index contributed by atoms with van der Waals surface area (Å²) >= 11 is 0. The second-order valence-electron chi connectivity index (χ2n) is 10.5. The van der Waals surface area contributed by atoms with Crippen LogP contribution >= 0.6 is 0 Å². The van der Waals surface area contributed by atoms with Crippen molar-refractivity contribution in [2.45, 2.75) is 76.2 Å². The van der Waals surface area contributed by atoms with E-state index in [2.05, 4.69) is 16.0 Å². The number of carbonyl (C=O) groups is 4. The van der Waals surface area contributed by atoms with Crippen molar-refractivity contribution in [2.75, 3.05) is 6.54 Å². The highest BCUT2D eigenvalue weighted by atomic mass is 16.2. The van der Waals surface area contributed by atoms with Gasteiger partial charge in [0.2, 0.25) is 23.6 Å². The van der Waals surface area contributed by atoms with Crippen LogP contribution in [0.5, 0.6) is 0 Å². The van der Waals surface area contributed by atoms with Crippen LogP contribution in [-0.2, 0) is 19.2 Å². The highest BCUT2D eigenvalue weighted by Crippen LogP contribution is 2.34. The molecule has 4 rings (SSSR count). The lowest BCUT2D eigenvalue weighted by molar-refractivity contribution is -0.143. The van der Waals surface area contributed by atoms with Crippen LogP contribution in [0.25, 0.3) is 0 Å². The lowest BCUT2D eigenvalue weighted by atomic mass is 9.92. The first-order chi connectivity index (χ1) is 18.8. The van der Waals surface area contributed by atoms with E-state index in [4.69, 9.17) is 5.73 Å². The third-order valence-electron chi connectivity index (χ3n) is 7.91. The molecule has 5 N–H and O–H groups in total.